The maximum Gasteiger partial charge on any atom is 0.303 e. The molecule has 0 aromatic rings. The van der Waals surface area contributed by atoms with Crippen LogP contribution in [-0.2, 0) is 9.59 Å². The molecule has 0 bridgehead atoms. The van der Waals surface area contributed by atoms with Crippen LogP contribution in [0.1, 0.15) is 38.5 Å². The summed E-state index contributed by atoms with van der Waals surface area (Å²) in [5.41, 5.74) is 4.90. The van der Waals surface area contributed by atoms with Crippen molar-refractivity contribution in [3.8, 4) is 0 Å². The number of carboxylic acid groups (broad SMARTS) is 1. The first kappa shape index (κ1) is 12.7. The van der Waals surface area contributed by atoms with Gasteiger partial charge in [-0.15, -0.1) is 0 Å². The summed E-state index contributed by atoms with van der Waals surface area (Å²) in [4.78, 5) is 20.4. The van der Waals surface area contributed by atoms with Gasteiger partial charge in [-0.25, -0.2) is 0 Å². The highest BCUT2D eigenvalue weighted by molar-refractivity contribution is 5.85. The summed E-state index contributed by atoms with van der Waals surface area (Å²) in [6, 6.07) is 0. The van der Waals surface area contributed by atoms with Gasteiger partial charge in [0.2, 0.25) is 5.91 Å². The normalized spacial score (nSPS) is 10.6. The van der Waals surface area contributed by atoms with Gasteiger partial charge >= 0.3 is 5.97 Å². The lowest BCUT2D eigenvalue weighted by molar-refractivity contribution is -0.137. The summed E-state index contributed by atoms with van der Waals surface area (Å²) < 4.78 is 0. The van der Waals surface area contributed by atoms with E-state index in [9.17, 15) is 9.59 Å². The van der Waals surface area contributed by atoms with Gasteiger partial charge in [0.05, 0.1) is 0 Å². The van der Waals surface area contributed by atoms with Crippen molar-refractivity contribution < 1.29 is 14.7 Å². The quantitative estimate of drug-likeness (QED) is 0.458. The van der Waals surface area contributed by atoms with Gasteiger partial charge in [-0.3, -0.25) is 9.59 Å². The van der Waals surface area contributed by atoms with E-state index in [0.29, 0.717) is 0 Å². The molecule has 0 spiro atoms. The Morgan fingerprint density at radius 2 is 1.79 bits per heavy atom. The number of aliphatic carboxylic acids is 1. The summed E-state index contributed by atoms with van der Waals surface area (Å²) in [7, 11) is 0. The number of primary amides is 1. The van der Waals surface area contributed by atoms with Crippen molar-refractivity contribution >= 4 is 11.9 Å². The number of carbonyl (C=O) groups excluding carboxylic acids is 1. The number of carboxylic acids is 1. The van der Waals surface area contributed by atoms with Crippen LogP contribution in [0.5, 0.6) is 0 Å². The van der Waals surface area contributed by atoms with Crippen molar-refractivity contribution in [2.45, 2.75) is 38.5 Å². The molecule has 0 heterocycles. The van der Waals surface area contributed by atoms with Crippen LogP contribution in [-0.4, -0.2) is 17.0 Å². The van der Waals surface area contributed by atoms with E-state index < -0.39 is 11.9 Å². The molecular formula is C10H17NO3. The predicted molar refractivity (Wildman–Crippen MR) is 53.7 cm³/mol. The van der Waals surface area contributed by atoms with Crippen molar-refractivity contribution in [1.29, 1.82) is 0 Å². The van der Waals surface area contributed by atoms with E-state index in [1.165, 1.54) is 6.08 Å². The molecular weight excluding hydrogens is 182 g/mol. The van der Waals surface area contributed by atoms with Crippen molar-refractivity contribution in [3.63, 3.8) is 0 Å². The zero-order valence-corrected chi connectivity index (χ0v) is 8.24. The Balaban J connectivity index is 3.14. The first-order valence-corrected chi connectivity index (χ1v) is 4.80. The van der Waals surface area contributed by atoms with Crippen molar-refractivity contribution in [2.75, 3.05) is 0 Å². The van der Waals surface area contributed by atoms with Crippen LogP contribution in [0, 0.1) is 0 Å². The summed E-state index contributed by atoms with van der Waals surface area (Å²) >= 11 is 0. The van der Waals surface area contributed by atoms with Gasteiger partial charge in [0.15, 0.2) is 0 Å². The maximum atomic E-state index is 10.3. The highest BCUT2D eigenvalue weighted by atomic mass is 16.4. The van der Waals surface area contributed by atoms with Gasteiger partial charge in [-0.1, -0.05) is 18.9 Å². The zero-order valence-electron chi connectivity index (χ0n) is 8.24. The van der Waals surface area contributed by atoms with Crippen LogP contribution < -0.4 is 5.73 Å². The summed E-state index contributed by atoms with van der Waals surface area (Å²) in [6.45, 7) is 0. The second-order valence-electron chi connectivity index (χ2n) is 3.15. The van der Waals surface area contributed by atoms with Gasteiger partial charge in [-0.2, -0.15) is 0 Å². The molecule has 0 fully saturated rings. The molecule has 80 valence electrons. The number of hydrogen-bond acceptors (Lipinski definition) is 2. The lowest BCUT2D eigenvalue weighted by Crippen LogP contribution is -2.05. The van der Waals surface area contributed by atoms with Gasteiger partial charge < -0.3 is 10.8 Å². The van der Waals surface area contributed by atoms with Crippen LogP contribution in [0.4, 0.5) is 0 Å². The minimum Gasteiger partial charge on any atom is -0.481 e. The molecule has 0 saturated heterocycles. The van der Waals surface area contributed by atoms with Gasteiger partial charge in [0, 0.05) is 6.42 Å². The van der Waals surface area contributed by atoms with E-state index in [1.54, 1.807) is 6.08 Å². The number of carbonyl (C=O) groups is 2. The average Bonchev–Trinajstić information content (AvgIpc) is 2.08. The zero-order chi connectivity index (χ0) is 10.8. The summed E-state index contributed by atoms with van der Waals surface area (Å²) in [5.74, 6) is -1.16. The molecule has 0 aliphatic carbocycles. The Hall–Kier alpha value is -1.32. The molecule has 4 nitrogen and oxygen atoms in total. The van der Waals surface area contributed by atoms with Crippen LogP contribution in [0.2, 0.25) is 0 Å². The molecule has 0 rings (SSSR count). The minimum absolute atomic E-state index is 0.247. The largest absolute Gasteiger partial charge is 0.481 e. The Kier molecular flexibility index (Phi) is 7.50. The highest BCUT2D eigenvalue weighted by Gasteiger charge is 1.95. The van der Waals surface area contributed by atoms with Crippen molar-refractivity contribution in [2.24, 2.45) is 5.73 Å². The van der Waals surface area contributed by atoms with E-state index in [-0.39, 0.29) is 6.42 Å². The van der Waals surface area contributed by atoms with Crippen molar-refractivity contribution in [1.82, 2.24) is 0 Å². The molecule has 0 aliphatic heterocycles. The van der Waals surface area contributed by atoms with E-state index >= 15 is 0 Å². The number of nitrogens with two attached hydrogens (primary N) is 1. The van der Waals surface area contributed by atoms with Crippen LogP contribution in [0.15, 0.2) is 12.2 Å². The molecule has 4 heteroatoms. The van der Waals surface area contributed by atoms with Crippen molar-refractivity contribution in [3.05, 3.63) is 12.2 Å². The summed E-state index contributed by atoms with van der Waals surface area (Å²) in [5, 5.41) is 8.35. The van der Waals surface area contributed by atoms with E-state index in [2.05, 4.69) is 0 Å². The van der Waals surface area contributed by atoms with E-state index in [0.717, 1.165) is 32.1 Å². The van der Waals surface area contributed by atoms with Gasteiger partial charge in [0.1, 0.15) is 0 Å². The topological polar surface area (TPSA) is 80.4 Å². The Morgan fingerprint density at radius 3 is 2.36 bits per heavy atom. The second-order valence-corrected chi connectivity index (χ2v) is 3.15. The number of unbranched alkanes of at least 4 members (excludes halogenated alkanes) is 4. The molecule has 0 atom stereocenters. The smallest absolute Gasteiger partial charge is 0.303 e. The molecule has 0 aliphatic rings. The lowest BCUT2D eigenvalue weighted by Gasteiger charge is -1.96. The lowest BCUT2D eigenvalue weighted by atomic mass is 10.1. The highest BCUT2D eigenvalue weighted by Crippen LogP contribution is 2.05. The SMILES string of the molecule is NC(=O)C=CCCCCCCC(=O)O. The number of hydrogen-bond donors (Lipinski definition) is 2. The molecule has 0 aromatic carbocycles. The molecule has 0 radical (unpaired) electrons. The van der Waals surface area contributed by atoms with Crippen LogP contribution in [0.3, 0.4) is 0 Å². The second kappa shape index (κ2) is 8.29. The molecule has 0 saturated carbocycles. The van der Waals surface area contributed by atoms with Crippen LogP contribution >= 0.6 is 0 Å². The first-order chi connectivity index (χ1) is 6.63. The Bertz CT molecular complexity index is 211. The number of allylic oxidation sites excluding steroid dienone is 1. The monoisotopic (exact) mass is 199 g/mol. The van der Waals surface area contributed by atoms with Crippen LogP contribution in [0.25, 0.3) is 0 Å². The molecule has 0 aromatic heterocycles. The Labute approximate surface area is 83.8 Å². The third kappa shape index (κ3) is 10.7. The Morgan fingerprint density at radius 1 is 1.14 bits per heavy atom. The molecule has 3 N–H and O–H groups in total. The molecule has 0 unspecified atom stereocenters. The van der Waals surface area contributed by atoms with E-state index in [4.69, 9.17) is 10.8 Å². The fourth-order valence-electron chi connectivity index (χ4n) is 1.09. The summed E-state index contributed by atoms with van der Waals surface area (Å²) in [6.07, 6.45) is 7.81. The third-order valence-electron chi connectivity index (χ3n) is 1.79. The maximum absolute atomic E-state index is 10.3. The third-order valence-corrected chi connectivity index (χ3v) is 1.79. The standard InChI is InChI=1S/C10H17NO3/c11-9(12)7-5-3-1-2-4-6-8-10(13)14/h5,7H,1-4,6,8H2,(H2,11,12)(H,13,14). The first-order valence-electron chi connectivity index (χ1n) is 4.80. The minimum atomic E-state index is -0.737. The van der Waals surface area contributed by atoms with Gasteiger partial charge in [-0.05, 0) is 25.3 Å². The molecule has 1 amide bonds. The average molecular weight is 199 g/mol. The molecule has 14 heavy (non-hydrogen) atoms. The number of amides is 1. The predicted octanol–water partition coefficient (Wildman–Crippen LogP) is 1.45. The van der Waals surface area contributed by atoms with E-state index in [1.807, 2.05) is 0 Å². The fourth-order valence-corrected chi connectivity index (χ4v) is 1.09. The number of rotatable bonds is 8. The van der Waals surface area contributed by atoms with Gasteiger partial charge in [0.25, 0.3) is 0 Å². The fraction of sp³-hybridized carbons (Fsp3) is 0.600.